The van der Waals surface area contributed by atoms with Crippen molar-refractivity contribution >= 4 is 17.3 Å². The predicted molar refractivity (Wildman–Crippen MR) is 66.4 cm³/mol. The topological polar surface area (TPSA) is 115 Å². The maximum absolute atomic E-state index is 10.6. The van der Waals surface area contributed by atoms with Crippen LogP contribution in [-0.4, -0.2) is 42.3 Å². The van der Waals surface area contributed by atoms with Gasteiger partial charge in [0.1, 0.15) is 5.82 Å². The summed E-state index contributed by atoms with van der Waals surface area (Å²) in [5, 5.41) is 16.8. The lowest BCUT2D eigenvalue weighted by atomic mass is 10.3. The number of aromatic nitrogens is 1. The first-order valence-corrected chi connectivity index (χ1v) is 5.64. The highest BCUT2D eigenvalue weighted by Crippen LogP contribution is 2.20. The Morgan fingerprint density at radius 3 is 3.11 bits per heavy atom. The average molecular weight is 253 g/mol. The van der Waals surface area contributed by atoms with E-state index >= 15 is 0 Å². The number of nitro groups is 1. The number of rotatable bonds is 4. The molecule has 1 aromatic rings. The van der Waals surface area contributed by atoms with E-state index in [4.69, 9.17) is 10.5 Å². The summed E-state index contributed by atoms with van der Waals surface area (Å²) >= 11 is 0. The molecule has 0 aliphatic carbocycles. The molecule has 18 heavy (non-hydrogen) atoms. The lowest BCUT2D eigenvalue weighted by molar-refractivity contribution is -0.384. The number of hydrogen-bond donors (Lipinski definition) is 3. The number of hydrogen-bond acceptors (Lipinski definition) is 7. The highest BCUT2D eigenvalue weighted by atomic mass is 16.6. The molecule has 1 aromatic heterocycles. The van der Waals surface area contributed by atoms with Crippen molar-refractivity contribution in [2.75, 3.05) is 37.3 Å². The number of ether oxygens (including phenoxy) is 1. The van der Waals surface area contributed by atoms with Gasteiger partial charge < -0.3 is 21.1 Å². The third kappa shape index (κ3) is 3.05. The first-order valence-electron chi connectivity index (χ1n) is 5.64. The fourth-order valence-electron chi connectivity index (χ4n) is 1.69. The number of nitrogens with zero attached hydrogens (tertiary/aromatic N) is 2. The van der Waals surface area contributed by atoms with E-state index in [0.717, 1.165) is 13.1 Å². The second-order valence-corrected chi connectivity index (χ2v) is 3.94. The van der Waals surface area contributed by atoms with E-state index in [0.29, 0.717) is 19.0 Å². The molecular formula is C10H15N5O3. The van der Waals surface area contributed by atoms with Crippen molar-refractivity contribution in [3.63, 3.8) is 0 Å². The van der Waals surface area contributed by atoms with E-state index in [1.807, 2.05) is 0 Å². The van der Waals surface area contributed by atoms with Crippen LogP contribution in [0, 0.1) is 10.1 Å². The van der Waals surface area contributed by atoms with Gasteiger partial charge in [-0.05, 0) is 6.07 Å². The van der Waals surface area contributed by atoms with Gasteiger partial charge >= 0.3 is 5.69 Å². The van der Waals surface area contributed by atoms with Gasteiger partial charge in [0.15, 0.2) is 0 Å². The Hall–Kier alpha value is -1.93. The number of morpholine rings is 1. The fourth-order valence-corrected chi connectivity index (χ4v) is 1.69. The van der Waals surface area contributed by atoms with Crippen LogP contribution >= 0.6 is 0 Å². The van der Waals surface area contributed by atoms with Crippen molar-refractivity contribution in [3.8, 4) is 0 Å². The molecule has 2 heterocycles. The number of nitrogen functional groups attached to an aromatic ring is 1. The summed E-state index contributed by atoms with van der Waals surface area (Å²) in [6.07, 6.45) is 0.0666. The molecule has 0 bridgehead atoms. The molecule has 8 heteroatoms. The predicted octanol–water partition coefficient (Wildman–Crippen LogP) is -0.0277. The average Bonchev–Trinajstić information content (AvgIpc) is 2.37. The molecule has 2 rings (SSSR count). The Kier molecular flexibility index (Phi) is 3.90. The lowest BCUT2D eigenvalue weighted by Gasteiger charge is -2.23. The molecule has 1 atom stereocenters. The van der Waals surface area contributed by atoms with E-state index in [9.17, 15) is 10.1 Å². The lowest BCUT2D eigenvalue weighted by Crippen LogP contribution is -2.42. The smallest absolute Gasteiger partial charge is 0.311 e. The monoisotopic (exact) mass is 253 g/mol. The van der Waals surface area contributed by atoms with E-state index in [-0.39, 0.29) is 17.6 Å². The zero-order valence-electron chi connectivity index (χ0n) is 9.76. The summed E-state index contributed by atoms with van der Waals surface area (Å²) in [5.41, 5.74) is 5.31. The van der Waals surface area contributed by atoms with Gasteiger partial charge in [-0.2, -0.15) is 0 Å². The van der Waals surface area contributed by atoms with Gasteiger partial charge in [-0.1, -0.05) is 0 Å². The highest BCUT2D eigenvalue weighted by molar-refractivity contribution is 5.57. The van der Waals surface area contributed by atoms with Crippen LogP contribution in [0.25, 0.3) is 0 Å². The molecule has 1 aliphatic rings. The van der Waals surface area contributed by atoms with Crippen LogP contribution < -0.4 is 16.4 Å². The second-order valence-electron chi connectivity index (χ2n) is 3.94. The summed E-state index contributed by atoms with van der Waals surface area (Å²) in [7, 11) is 0. The van der Waals surface area contributed by atoms with Crippen LogP contribution in [0.4, 0.5) is 17.3 Å². The number of pyridine rings is 1. The SMILES string of the molecule is Nc1nc(NCC2CNCCO2)ccc1[N+](=O)[O-]. The molecule has 0 amide bonds. The molecule has 98 valence electrons. The summed E-state index contributed by atoms with van der Waals surface area (Å²) in [6.45, 7) is 2.90. The zero-order valence-corrected chi connectivity index (χ0v) is 9.76. The molecule has 1 saturated heterocycles. The van der Waals surface area contributed by atoms with Crippen LogP contribution in [0.15, 0.2) is 12.1 Å². The molecule has 1 fully saturated rings. The van der Waals surface area contributed by atoms with Crippen molar-refractivity contribution in [1.29, 1.82) is 0 Å². The van der Waals surface area contributed by atoms with Crippen molar-refractivity contribution in [3.05, 3.63) is 22.2 Å². The van der Waals surface area contributed by atoms with Gasteiger partial charge in [0, 0.05) is 25.7 Å². The number of anilines is 2. The Morgan fingerprint density at radius 2 is 2.50 bits per heavy atom. The molecular weight excluding hydrogens is 238 g/mol. The quantitative estimate of drug-likeness (QED) is 0.509. The molecule has 0 spiro atoms. The summed E-state index contributed by atoms with van der Waals surface area (Å²) in [6, 6.07) is 2.87. The first-order chi connectivity index (χ1) is 8.66. The van der Waals surface area contributed by atoms with Gasteiger partial charge in [-0.15, -0.1) is 0 Å². The van der Waals surface area contributed by atoms with E-state index < -0.39 is 4.92 Å². The van der Waals surface area contributed by atoms with Crippen LogP contribution in [0.5, 0.6) is 0 Å². The van der Waals surface area contributed by atoms with E-state index in [2.05, 4.69) is 15.6 Å². The van der Waals surface area contributed by atoms with E-state index in [1.54, 1.807) is 0 Å². The van der Waals surface area contributed by atoms with Gasteiger partial charge in [0.2, 0.25) is 5.82 Å². The Balaban J connectivity index is 1.93. The fraction of sp³-hybridized carbons (Fsp3) is 0.500. The Morgan fingerprint density at radius 1 is 1.67 bits per heavy atom. The molecule has 0 aromatic carbocycles. The summed E-state index contributed by atoms with van der Waals surface area (Å²) in [5.74, 6) is 0.417. The van der Waals surface area contributed by atoms with Crippen LogP contribution in [-0.2, 0) is 4.74 Å². The zero-order chi connectivity index (χ0) is 13.0. The van der Waals surface area contributed by atoms with Gasteiger partial charge in [-0.25, -0.2) is 4.98 Å². The highest BCUT2D eigenvalue weighted by Gasteiger charge is 2.15. The summed E-state index contributed by atoms with van der Waals surface area (Å²) in [4.78, 5) is 13.9. The van der Waals surface area contributed by atoms with Crippen molar-refractivity contribution in [1.82, 2.24) is 10.3 Å². The molecule has 1 aliphatic heterocycles. The Bertz CT molecular complexity index is 434. The number of nitrogens with one attached hydrogen (secondary N) is 2. The summed E-state index contributed by atoms with van der Waals surface area (Å²) < 4.78 is 5.50. The minimum atomic E-state index is -0.555. The van der Waals surface area contributed by atoms with E-state index in [1.165, 1.54) is 12.1 Å². The van der Waals surface area contributed by atoms with Crippen LogP contribution in [0.1, 0.15) is 0 Å². The normalized spacial score (nSPS) is 19.4. The van der Waals surface area contributed by atoms with Crippen molar-refractivity contribution in [2.24, 2.45) is 0 Å². The maximum atomic E-state index is 10.6. The molecule has 1 unspecified atom stereocenters. The van der Waals surface area contributed by atoms with Crippen LogP contribution in [0.3, 0.4) is 0 Å². The Labute approximate surface area is 104 Å². The van der Waals surface area contributed by atoms with Gasteiger partial charge in [-0.3, -0.25) is 10.1 Å². The minimum Gasteiger partial charge on any atom is -0.378 e. The van der Waals surface area contributed by atoms with Crippen molar-refractivity contribution in [2.45, 2.75) is 6.10 Å². The molecule has 0 saturated carbocycles. The third-order valence-corrected chi connectivity index (χ3v) is 2.61. The largest absolute Gasteiger partial charge is 0.378 e. The minimum absolute atomic E-state index is 0.0666. The third-order valence-electron chi connectivity index (χ3n) is 2.61. The second kappa shape index (κ2) is 5.61. The van der Waals surface area contributed by atoms with Gasteiger partial charge in [0.25, 0.3) is 0 Å². The molecule has 4 N–H and O–H groups in total. The molecule has 8 nitrogen and oxygen atoms in total. The standard InChI is InChI=1S/C10H15N5O3/c11-10-8(15(16)17)1-2-9(14-10)13-6-7-5-12-3-4-18-7/h1-2,7,12H,3-6H2,(H3,11,13,14). The van der Waals surface area contributed by atoms with Crippen molar-refractivity contribution < 1.29 is 9.66 Å². The molecule has 0 radical (unpaired) electrons. The van der Waals surface area contributed by atoms with Crippen LogP contribution in [0.2, 0.25) is 0 Å². The number of nitrogens with two attached hydrogens (primary N) is 1. The van der Waals surface area contributed by atoms with Gasteiger partial charge in [0.05, 0.1) is 17.6 Å². The maximum Gasteiger partial charge on any atom is 0.311 e. The first kappa shape index (κ1) is 12.5.